The van der Waals surface area contributed by atoms with E-state index in [1.165, 1.54) is 10.4 Å². The molecule has 0 amide bonds. The molecule has 1 unspecified atom stereocenters. The van der Waals surface area contributed by atoms with Crippen molar-refractivity contribution in [2.45, 2.75) is 25.8 Å². The first-order chi connectivity index (χ1) is 11.6. The Balaban J connectivity index is 1.95. The second-order valence-corrected chi connectivity index (χ2v) is 7.21. The van der Waals surface area contributed by atoms with Gasteiger partial charge < -0.3 is 9.84 Å². The molecule has 5 heteroatoms. The third kappa shape index (κ3) is 3.32. The lowest BCUT2D eigenvalue weighted by Crippen LogP contribution is -2.39. The molecule has 4 nitrogen and oxygen atoms in total. The fourth-order valence-electron chi connectivity index (χ4n) is 3.47. The van der Waals surface area contributed by atoms with Gasteiger partial charge in [0.1, 0.15) is 5.75 Å². The topological polar surface area (TPSA) is 49.8 Å². The predicted octanol–water partition coefficient (Wildman–Crippen LogP) is 3.95. The minimum Gasteiger partial charge on any atom is -0.496 e. The van der Waals surface area contributed by atoms with E-state index in [1.807, 2.05) is 18.2 Å². The number of hydrogen-bond acceptors (Lipinski definition) is 4. The van der Waals surface area contributed by atoms with Gasteiger partial charge in [-0.1, -0.05) is 18.2 Å². The fourth-order valence-corrected chi connectivity index (χ4v) is 4.54. The quantitative estimate of drug-likeness (QED) is 0.891. The molecule has 1 aliphatic rings. The van der Waals surface area contributed by atoms with E-state index in [1.54, 1.807) is 18.4 Å². The largest absolute Gasteiger partial charge is 0.496 e. The summed E-state index contributed by atoms with van der Waals surface area (Å²) >= 11 is 1.76. The maximum atomic E-state index is 11.2. The maximum Gasteiger partial charge on any atom is 0.306 e. The first-order valence-corrected chi connectivity index (χ1v) is 9.13. The molecule has 24 heavy (non-hydrogen) atoms. The van der Waals surface area contributed by atoms with Crippen LogP contribution in [0.4, 0.5) is 0 Å². The first kappa shape index (κ1) is 17.0. The highest BCUT2D eigenvalue weighted by Crippen LogP contribution is 2.40. The molecular weight excluding hydrogens is 322 g/mol. The van der Waals surface area contributed by atoms with E-state index < -0.39 is 5.97 Å². The molecule has 1 aromatic heterocycles. The number of aryl methyl sites for hydroxylation is 1. The van der Waals surface area contributed by atoms with Gasteiger partial charge in [-0.2, -0.15) is 0 Å². The number of para-hydroxylation sites is 1. The lowest BCUT2D eigenvalue weighted by atomic mass is 9.93. The summed E-state index contributed by atoms with van der Waals surface area (Å²) in [6, 6.07) is 10.4. The predicted molar refractivity (Wildman–Crippen MR) is 95.8 cm³/mol. The molecule has 0 saturated carbocycles. The van der Waals surface area contributed by atoms with Crippen molar-refractivity contribution in [2.75, 3.05) is 20.2 Å². The van der Waals surface area contributed by atoms with E-state index in [0.29, 0.717) is 12.8 Å². The highest BCUT2D eigenvalue weighted by molar-refractivity contribution is 7.10. The van der Waals surface area contributed by atoms with Gasteiger partial charge in [-0.05, 0) is 55.9 Å². The van der Waals surface area contributed by atoms with Crippen LogP contribution in [0.25, 0.3) is 0 Å². The van der Waals surface area contributed by atoms with Crippen molar-refractivity contribution in [3.05, 3.63) is 51.7 Å². The monoisotopic (exact) mass is 345 g/mol. The van der Waals surface area contributed by atoms with Crippen molar-refractivity contribution in [1.82, 2.24) is 4.90 Å². The number of methoxy groups -OCH3 is 1. The van der Waals surface area contributed by atoms with Crippen LogP contribution < -0.4 is 4.74 Å². The lowest BCUT2D eigenvalue weighted by Gasteiger charge is -2.37. The van der Waals surface area contributed by atoms with Crippen LogP contribution in [0, 0.1) is 12.8 Å². The molecular formula is C19H23NO3S. The summed E-state index contributed by atoms with van der Waals surface area (Å²) in [6.07, 6.45) is 1.40. The number of benzene rings is 1. The van der Waals surface area contributed by atoms with Crippen LogP contribution in [0.5, 0.6) is 5.75 Å². The molecule has 1 atom stereocenters. The summed E-state index contributed by atoms with van der Waals surface area (Å²) in [6.45, 7) is 3.71. The van der Waals surface area contributed by atoms with Gasteiger partial charge in [0.15, 0.2) is 0 Å². The van der Waals surface area contributed by atoms with Gasteiger partial charge in [-0.25, -0.2) is 0 Å². The molecule has 1 fully saturated rings. The zero-order chi connectivity index (χ0) is 17.1. The standard InChI is InChI=1S/C19H23NO3S/c1-13-9-12-24-18(13)17(15-5-3-4-6-16(15)23-2)20-10-7-14(8-11-20)19(21)22/h3-6,9,12,14,17H,7-8,10-11H2,1-2H3,(H,21,22). The Morgan fingerprint density at radius 2 is 2.00 bits per heavy atom. The van der Waals surface area contributed by atoms with Crippen LogP contribution >= 0.6 is 11.3 Å². The number of rotatable bonds is 5. The molecule has 1 aromatic carbocycles. The number of thiophene rings is 1. The van der Waals surface area contributed by atoms with E-state index in [9.17, 15) is 9.90 Å². The second kappa shape index (κ2) is 7.36. The summed E-state index contributed by atoms with van der Waals surface area (Å²) < 4.78 is 5.60. The molecule has 3 rings (SSSR count). The fraction of sp³-hybridized carbons (Fsp3) is 0.421. The number of ether oxygens (including phenoxy) is 1. The molecule has 128 valence electrons. The summed E-state index contributed by atoms with van der Waals surface area (Å²) in [7, 11) is 1.70. The average Bonchev–Trinajstić information content (AvgIpc) is 3.02. The molecule has 2 aromatic rings. The molecule has 0 bridgehead atoms. The Morgan fingerprint density at radius 1 is 1.29 bits per heavy atom. The zero-order valence-corrected chi connectivity index (χ0v) is 14.9. The van der Waals surface area contributed by atoms with Gasteiger partial charge in [-0.15, -0.1) is 11.3 Å². The summed E-state index contributed by atoms with van der Waals surface area (Å²) in [5.41, 5.74) is 2.43. The van der Waals surface area contributed by atoms with Crippen LogP contribution in [0.15, 0.2) is 35.7 Å². The number of carboxylic acid groups (broad SMARTS) is 1. The highest BCUT2D eigenvalue weighted by Gasteiger charge is 2.32. The normalized spacial score (nSPS) is 17.6. The van der Waals surface area contributed by atoms with Gasteiger partial charge in [0.05, 0.1) is 19.1 Å². The molecule has 0 spiro atoms. The van der Waals surface area contributed by atoms with E-state index >= 15 is 0 Å². The minimum absolute atomic E-state index is 0.121. The molecule has 0 radical (unpaired) electrons. The van der Waals surface area contributed by atoms with Crippen LogP contribution in [0.3, 0.4) is 0 Å². The molecule has 1 N–H and O–H groups in total. The molecule has 0 aliphatic carbocycles. The van der Waals surface area contributed by atoms with E-state index in [0.717, 1.165) is 24.4 Å². The van der Waals surface area contributed by atoms with Crippen LogP contribution in [0.1, 0.15) is 34.9 Å². The molecule has 1 aliphatic heterocycles. The smallest absolute Gasteiger partial charge is 0.306 e. The van der Waals surface area contributed by atoms with Crippen molar-refractivity contribution in [1.29, 1.82) is 0 Å². The number of carboxylic acids is 1. The number of hydrogen-bond donors (Lipinski definition) is 1. The Kier molecular flexibility index (Phi) is 5.21. The number of carbonyl (C=O) groups is 1. The van der Waals surface area contributed by atoms with Gasteiger partial charge in [0.2, 0.25) is 0 Å². The Morgan fingerprint density at radius 3 is 2.58 bits per heavy atom. The van der Waals surface area contributed by atoms with E-state index in [4.69, 9.17) is 4.74 Å². The van der Waals surface area contributed by atoms with Crippen LogP contribution in [-0.2, 0) is 4.79 Å². The summed E-state index contributed by atoms with van der Waals surface area (Å²) in [4.78, 5) is 15.0. The second-order valence-electron chi connectivity index (χ2n) is 6.26. The Bertz CT molecular complexity index is 704. The number of likely N-dealkylation sites (tertiary alicyclic amines) is 1. The molecule has 2 heterocycles. The van der Waals surface area contributed by atoms with Gasteiger partial charge in [0, 0.05) is 10.4 Å². The van der Waals surface area contributed by atoms with Crippen molar-refractivity contribution < 1.29 is 14.6 Å². The van der Waals surface area contributed by atoms with E-state index in [-0.39, 0.29) is 12.0 Å². The lowest BCUT2D eigenvalue weighted by molar-refractivity contribution is -0.143. The van der Waals surface area contributed by atoms with Crippen molar-refractivity contribution in [2.24, 2.45) is 5.92 Å². The SMILES string of the molecule is COc1ccccc1C(c1sccc1C)N1CCC(C(=O)O)CC1. The average molecular weight is 345 g/mol. The third-order valence-corrected chi connectivity index (χ3v) is 5.90. The Labute approximate surface area is 146 Å². The summed E-state index contributed by atoms with van der Waals surface area (Å²) in [5.74, 6) is -0.00421. The number of aliphatic carboxylic acids is 1. The van der Waals surface area contributed by atoms with Crippen LogP contribution in [-0.4, -0.2) is 36.2 Å². The van der Waals surface area contributed by atoms with Crippen molar-refractivity contribution in [3.8, 4) is 5.75 Å². The number of nitrogens with zero attached hydrogens (tertiary/aromatic N) is 1. The zero-order valence-electron chi connectivity index (χ0n) is 14.1. The first-order valence-electron chi connectivity index (χ1n) is 8.25. The van der Waals surface area contributed by atoms with E-state index in [2.05, 4.69) is 29.3 Å². The third-order valence-electron chi connectivity index (χ3n) is 4.83. The van der Waals surface area contributed by atoms with Gasteiger partial charge in [0.25, 0.3) is 0 Å². The Hall–Kier alpha value is -1.85. The molecule has 1 saturated heterocycles. The minimum atomic E-state index is -0.671. The van der Waals surface area contributed by atoms with Crippen LogP contribution in [0.2, 0.25) is 0 Å². The maximum absolute atomic E-state index is 11.2. The van der Waals surface area contributed by atoms with Crippen molar-refractivity contribution in [3.63, 3.8) is 0 Å². The number of piperidine rings is 1. The summed E-state index contributed by atoms with van der Waals surface area (Å²) in [5, 5.41) is 11.4. The van der Waals surface area contributed by atoms with Crippen molar-refractivity contribution >= 4 is 17.3 Å². The van der Waals surface area contributed by atoms with Gasteiger partial charge in [-0.3, -0.25) is 9.69 Å². The van der Waals surface area contributed by atoms with Gasteiger partial charge >= 0.3 is 5.97 Å². The highest BCUT2D eigenvalue weighted by atomic mass is 32.1.